The van der Waals surface area contributed by atoms with E-state index in [0.717, 1.165) is 14.5 Å². The highest BCUT2D eigenvalue weighted by molar-refractivity contribution is 9.10. The highest BCUT2D eigenvalue weighted by atomic mass is 79.9. The molecular weight excluding hydrogens is 638 g/mol. The Balaban J connectivity index is 0.000000241. The predicted octanol–water partition coefficient (Wildman–Crippen LogP) is 7.18. The number of hydrogen-bond acceptors (Lipinski definition) is 5. The maximum absolute atomic E-state index is 12.2. The average Bonchev–Trinajstić information content (AvgIpc) is 2.88. The molecule has 0 N–H and O–H groups in total. The fourth-order valence-corrected chi connectivity index (χ4v) is 3.58. The second kappa shape index (κ2) is 14.4. The normalized spacial score (nSPS) is 10.5. The van der Waals surface area contributed by atoms with E-state index in [4.69, 9.17) is 0 Å². The second-order valence-electron chi connectivity index (χ2n) is 7.18. The largest absolute Gasteiger partial charge is 0.294 e. The Morgan fingerprint density at radius 2 is 1.20 bits per heavy atom. The zero-order valence-corrected chi connectivity index (χ0v) is 23.2. The maximum atomic E-state index is 12.2. The van der Waals surface area contributed by atoms with Crippen LogP contribution in [0.3, 0.4) is 0 Å². The molecule has 5 nitrogen and oxygen atoms in total. The smallest absolute Gasteiger partial charge is 0.184 e. The van der Waals surface area contributed by atoms with Gasteiger partial charge in [0.25, 0.3) is 0 Å². The first kappa shape index (κ1) is 28.2. The van der Waals surface area contributed by atoms with E-state index in [1.165, 1.54) is 0 Å². The van der Waals surface area contributed by atoms with E-state index in [2.05, 4.69) is 47.9 Å². The zero-order valence-electron chi connectivity index (χ0n) is 18.3. The van der Waals surface area contributed by atoms with Crippen LogP contribution >= 0.6 is 48.8 Å². The number of rotatable bonds is 6. The van der Waals surface area contributed by atoms with Crippen LogP contribution in [-0.2, 0) is 6.42 Å². The van der Waals surface area contributed by atoms with E-state index in [-0.39, 0.29) is 28.5 Å². The van der Waals surface area contributed by atoms with Crippen molar-refractivity contribution >= 4 is 60.4 Å². The topological polar surface area (TPSA) is 83.7 Å². The number of Topliss-reactive ketones (excluding diaryl/α,β-unsaturated/α-hetero) is 2. The van der Waals surface area contributed by atoms with Crippen LogP contribution in [0, 0.1) is 11.3 Å². The molecule has 0 aliphatic carbocycles. The zero-order chi connectivity index (χ0) is 24.3. The minimum atomic E-state index is -0.777. The molecule has 0 amide bonds. The summed E-state index contributed by atoms with van der Waals surface area (Å²) in [6.45, 7) is 0. The molecule has 0 spiro atoms. The number of nitriles is 1. The first-order valence-corrected chi connectivity index (χ1v) is 11.8. The number of aromatic nitrogens is 2. The molecule has 0 aliphatic heterocycles. The molecule has 2 aromatic carbocycles. The Morgan fingerprint density at radius 1 is 0.743 bits per heavy atom. The van der Waals surface area contributed by atoms with Crippen LogP contribution in [0.1, 0.15) is 37.8 Å². The number of pyridine rings is 2. The number of carbonyl (C=O) groups is 2. The minimum absolute atomic E-state index is 0. The summed E-state index contributed by atoms with van der Waals surface area (Å²) in [5.74, 6) is -0.868. The summed E-state index contributed by atoms with van der Waals surface area (Å²) in [7, 11) is 0. The lowest BCUT2D eigenvalue weighted by Crippen LogP contribution is -2.11. The highest BCUT2D eigenvalue weighted by Crippen LogP contribution is 2.22. The molecule has 1 unspecified atom stereocenters. The van der Waals surface area contributed by atoms with Crippen molar-refractivity contribution in [3.63, 3.8) is 0 Å². The lowest BCUT2D eigenvalue weighted by molar-refractivity contribution is 0.0975. The molecule has 1 atom stereocenters. The quantitative estimate of drug-likeness (QED) is 0.205. The van der Waals surface area contributed by atoms with Gasteiger partial charge in [-0.25, -0.2) is 0 Å². The monoisotopic (exact) mass is 655 g/mol. The molecule has 0 saturated carbocycles. The van der Waals surface area contributed by atoms with E-state index in [1.54, 1.807) is 61.2 Å². The van der Waals surface area contributed by atoms with Gasteiger partial charge in [0.05, 0.1) is 6.07 Å². The third-order valence-corrected chi connectivity index (χ3v) is 5.90. The Kier molecular flexibility index (Phi) is 11.6. The average molecular weight is 658 g/mol. The molecule has 2 heterocycles. The van der Waals surface area contributed by atoms with Crippen LogP contribution in [0.5, 0.6) is 0 Å². The number of benzene rings is 2. The second-order valence-corrected chi connectivity index (χ2v) is 9.01. The summed E-state index contributed by atoms with van der Waals surface area (Å²) < 4.78 is 1.94. The van der Waals surface area contributed by atoms with Gasteiger partial charge < -0.3 is 0 Å². The van der Waals surface area contributed by atoms with Crippen LogP contribution in [0.2, 0.25) is 0 Å². The summed E-state index contributed by atoms with van der Waals surface area (Å²) >= 11 is 6.69. The van der Waals surface area contributed by atoms with Gasteiger partial charge in [0.1, 0.15) is 5.92 Å². The van der Waals surface area contributed by atoms with Gasteiger partial charge in [-0.2, -0.15) is 5.26 Å². The van der Waals surface area contributed by atoms with Gasteiger partial charge in [-0.05, 0) is 59.7 Å². The van der Waals surface area contributed by atoms with Crippen molar-refractivity contribution < 1.29 is 9.59 Å². The fraction of sp³-hybridized carbons (Fsp3) is 0.0741. The molecule has 0 aliphatic rings. The lowest BCUT2D eigenvalue weighted by Gasteiger charge is -2.08. The molecule has 0 saturated heterocycles. The first-order valence-electron chi connectivity index (χ1n) is 10.2. The number of hydrogen-bond donors (Lipinski definition) is 0. The lowest BCUT2D eigenvalue weighted by atomic mass is 9.92. The molecule has 8 heteroatoms. The molecular formula is C27H20Br3N3O2. The Morgan fingerprint density at radius 3 is 1.69 bits per heavy atom. The number of halogens is 3. The van der Waals surface area contributed by atoms with Crippen molar-refractivity contribution in [1.82, 2.24) is 9.97 Å². The van der Waals surface area contributed by atoms with Gasteiger partial charge in [-0.3, -0.25) is 19.6 Å². The number of ketones is 2. The fourth-order valence-electron chi connectivity index (χ4n) is 3.05. The number of carbonyl (C=O) groups excluding carboxylic acids is 2. The van der Waals surface area contributed by atoms with Crippen LogP contribution in [0.25, 0.3) is 0 Å². The molecule has 0 radical (unpaired) electrons. The van der Waals surface area contributed by atoms with Gasteiger partial charge in [0.2, 0.25) is 0 Å². The van der Waals surface area contributed by atoms with Crippen LogP contribution in [0.4, 0.5) is 0 Å². The van der Waals surface area contributed by atoms with Gasteiger partial charge in [0.15, 0.2) is 11.6 Å². The Hall–Kier alpha value is -2.99. The van der Waals surface area contributed by atoms with Crippen molar-refractivity contribution in [2.75, 3.05) is 0 Å². The van der Waals surface area contributed by atoms with E-state index < -0.39 is 5.92 Å². The van der Waals surface area contributed by atoms with Crippen molar-refractivity contribution in [3.8, 4) is 6.07 Å². The highest BCUT2D eigenvalue weighted by Gasteiger charge is 2.21. The summed E-state index contributed by atoms with van der Waals surface area (Å²) in [6.07, 6.45) is 6.79. The summed E-state index contributed by atoms with van der Waals surface area (Å²) in [5, 5.41) is 9.18. The third kappa shape index (κ3) is 8.62. The molecule has 2 aromatic heterocycles. The predicted molar refractivity (Wildman–Crippen MR) is 148 cm³/mol. The Bertz CT molecular complexity index is 1280. The van der Waals surface area contributed by atoms with Crippen molar-refractivity contribution in [2.45, 2.75) is 12.3 Å². The van der Waals surface area contributed by atoms with Gasteiger partial charge >= 0.3 is 0 Å². The molecule has 0 fully saturated rings. The minimum Gasteiger partial charge on any atom is -0.294 e. The van der Waals surface area contributed by atoms with Crippen LogP contribution in [-0.4, -0.2) is 21.5 Å². The van der Waals surface area contributed by atoms with Crippen molar-refractivity contribution in [2.24, 2.45) is 0 Å². The first-order chi connectivity index (χ1) is 16.5. The van der Waals surface area contributed by atoms with E-state index in [0.29, 0.717) is 23.1 Å². The van der Waals surface area contributed by atoms with Gasteiger partial charge in [0, 0.05) is 51.3 Å². The summed E-state index contributed by atoms with van der Waals surface area (Å²) in [5.41, 5.74) is 2.92. The van der Waals surface area contributed by atoms with Crippen molar-refractivity contribution in [1.29, 1.82) is 5.26 Å². The van der Waals surface area contributed by atoms with E-state index in [9.17, 15) is 14.9 Å². The van der Waals surface area contributed by atoms with Crippen LogP contribution < -0.4 is 0 Å². The van der Waals surface area contributed by atoms with E-state index in [1.807, 2.05) is 36.4 Å². The van der Waals surface area contributed by atoms with Gasteiger partial charge in [-0.1, -0.05) is 56.1 Å². The summed E-state index contributed by atoms with van der Waals surface area (Å²) in [4.78, 5) is 31.8. The Labute approximate surface area is 231 Å². The molecule has 4 rings (SSSR count). The molecule has 4 aromatic rings. The number of nitrogens with zero attached hydrogens (tertiary/aromatic N) is 3. The van der Waals surface area contributed by atoms with Crippen molar-refractivity contribution in [3.05, 3.63) is 129 Å². The van der Waals surface area contributed by atoms with Gasteiger partial charge in [-0.15, -0.1) is 17.0 Å². The molecule has 0 bridgehead atoms. The SMILES string of the molecule is Br.N#CC(C(=O)c1ccncc1)c1ccc(Br)cc1.O=C(Cc1ccc(Br)cc1)c1ccncc1. The third-order valence-electron chi connectivity index (χ3n) is 4.84. The molecule has 35 heavy (non-hydrogen) atoms. The maximum Gasteiger partial charge on any atom is 0.184 e. The summed E-state index contributed by atoms with van der Waals surface area (Å²) in [6, 6.07) is 23.7. The van der Waals surface area contributed by atoms with E-state index >= 15 is 0 Å². The van der Waals surface area contributed by atoms with Crippen LogP contribution in [0.15, 0.2) is 107 Å². The standard InChI is InChI=1S/C14H9BrN2O.C13H10BrNO.BrH/c15-12-3-1-10(2-4-12)13(9-16)14(18)11-5-7-17-8-6-11;14-12-3-1-10(2-4-12)9-13(16)11-5-7-15-8-6-11;/h1-8,13H;1-8H,9H2;1H. The molecule has 176 valence electrons.